The van der Waals surface area contributed by atoms with Crippen LogP contribution in [-0.2, 0) is 0 Å². The molecule has 2 aromatic rings. The number of benzene rings is 1. The molecule has 1 atom stereocenters. The molecule has 0 N–H and O–H groups in total. The van der Waals surface area contributed by atoms with Crippen molar-refractivity contribution in [3.05, 3.63) is 46.9 Å². The third kappa shape index (κ3) is 5.56. The lowest BCUT2D eigenvalue weighted by Gasteiger charge is -2.20. The van der Waals surface area contributed by atoms with Crippen LogP contribution in [0.3, 0.4) is 0 Å². The topological polar surface area (TPSA) is 47.4 Å². The normalized spacial score (nSPS) is 17.1. The van der Waals surface area contributed by atoms with Gasteiger partial charge in [-0.25, -0.2) is 4.68 Å². The van der Waals surface area contributed by atoms with Crippen LogP contribution >= 0.6 is 12.4 Å². The third-order valence-electron chi connectivity index (χ3n) is 5.05. The van der Waals surface area contributed by atoms with Crippen molar-refractivity contribution < 1.29 is 4.74 Å². The molecule has 27 heavy (non-hydrogen) atoms. The van der Waals surface area contributed by atoms with Gasteiger partial charge in [0.1, 0.15) is 5.75 Å². The van der Waals surface area contributed by atoms with E-state index in [1.54, 1.807) is 12.3 Å². The zero-order chi connectivity index (χ0) is 18.5. The summed E-state index contributed by atoms with van der Waals surface area (Å²) in [6.45, 7) is 9.27. The van der Waals surface area contributed by atoms with Gasteiger partial charge < -0.3 is 9.64 Å². The van der Waals surface area contributed by atoms with Crippen molar-refractivity contribution in [2.45, 2.75) is 52.1 Å². The predicted molar refractivity (Wildman–Crippen MR) is 112 cm³/mol. The van der Waals surface area contributed by atoms with E-state index < -0.39 is 0 Å². The molecule has 0 aliphatic carbocycles. The van der Waals surface area contributed by atoms with E-state index in [1.807, 2.05) is 38.1 Å². The smallest absolute Gasteiger partial charge is 0.267 e. The van der Waals surface area contributed by atoms with Gasteiger partial charge in [-0.2, -0.15) is 5.10 Å². The molecule has 5 nitrogen and oxygen atoms in total. The highest BCUT2D eigenvalue weighted by Crippen LogP contribution is 2.21. The lowest BCUT2D eigenvalue weighted by Crippen LogP contribution is -2.28. The second-order valence-electron chi connectivity index (χ2n) is 7.37. The maximum atomic E-state index is 12.1. The number of hydrogen-bond donors (Lipinski definition) is 0. The van der Waals surface area contributed by atoms with E-state index in [1.165, 1.54) is 24.1 Å². The molecule has 1 aliphatic rings. The molecule has 0 radical (unpaired) electrons. The lowest BCUT2D eigenvalue weighted by atomic mass is 10.1. The average Bonchev–Trinajstić information content (AvgIpc) is 3.04. The van der Waals surface area contributed by atoms with Crippen molar-refractivity contribution in [2.24, 2.45) is 0 Å². The fraction of sp³-hybridized carbons (Fsp3) is 0.524. The lowest BCUT2D eigenvalue weighted by molar-refractivity contribution is 0.230. The Morgan fingerprint density at radius 3 is 2.56 bits per heavy atom. The summed E-state index contributed by atoms with van der Waals surface area (Å²) in [5.74, 6) is 0.867. The monoisotopic (exact) mass is 391 g/mol. The van der Waals surface area contributed by atoms with Crippen LogP contribution in [0.5, 0.6) is 5.75 Å². The quantitative estimate of drug-likeness (QED) is 0.664. The standard InChI is InChI=1S/C21H29N3O2.ClH/c1-16(2)24-21(25)14-19(15-22-24)18-7-9-20(10-8-18)26-13-5-12-23-11-4-6-17(23)3;/h7-10,14-17H,4-6,11-13H2,1-3H3;1H/t17-;/m1./s1. The maximum absolute atomic E-state index is 12.1. The predicted octanol–water partition coefficient (Wildman–Crippen LogP) is 4.17. The van der Waals surface area contributed by atoms with Crippen LogP contribution in [0.4, 0.5) is 0 Å². The van der Waals surface area contributed by atoms with Crippen LogP contribution in [0.15, 0.2) is 41.3 Å². The van der Waals surface area contributed by atoms with E-state index in [2.05, 4.69) is 16.9 Å². The van der Waals surface area contributed by atoms with Crippen molar-refractivity contribution in [2.75, 3.05) is 19.7 Å². The number of likely N-dealkylation sites (tertiary alicyclic amines) is 1. The summed E-state index contributed by atoms with van der Waals surface area (Å²) < 4.78 is 7.35. The molecule has 2 heterocycles. The Kier molecular flexibility index (Phi) is 7.87. The first-order valence-electron chi connectivity index (χ1n) is 9.61. The Morgan fingerprint density at radius 1 is 1.22 bits per heavy atom. The van der Waals surface area contributed by atoms with Gasteiger partial charge in [0.15, 0.2) is 0 Å². The number of rotatable bonds is 7. The molecule has 1 fully saturated rings. The first kappa shape index (κ1) is 21.5. The molecule has 1 aromatic heterocycles. The minimum absolute atomic E-state index is 0. The molecule has 0 amide bonds. The minimum atomic E-state index is -0.0750. The number of nitrogens with zero attached hydrogens (tertiary/aromatic N) is 3. The minimum Gasteiger partial charge on any atom is -0.494 e. The van der Waals surface area contributed by atoms with Crippen LogP contribution in [-0.4, -0.2) is 40.4 Å². The third-order valence-corrected chi connectivity index (χ3v) is 5.05. The van der Waals surface area contributed by atoms with Gasteiger partial charge in [0, 0.05) is 24.2 Å². The van der Waals surface area contributed by atoms with Crippen LogP contribution in [0.25, 0.3) is 11.1 Å². The van der Waals surface area contributed by atoms with Gasteiger partial charge in [-0.05, 0) is 64.3 Å². The fourth-order valence-corrected chi connectivity index (χ4v) is 3.49. The van der Waals surface area contributed by atoms with Crippen molar-refractivity contribution >= 4 is 12.4 Å². The largest absolute Gasteiger partial charge is 0.494 e. The zero-order valence-electron chi connectivity index (χ0n) is 16.4. The molecule has 1 saturated heterocycles. The molecule has 6 heteroatoms. The molecule has 1 aromatic carbocycles. The molecule has 0 unspecified atom stereocenters. The Morgan fingerprint density at radius 2 is 1.96 bits per heavy atom. The van der Waals surface area contributed by atoms with E-state index >= 15 is 0 Å². The Bertz CT molecular complexity index is 774. The van der Waals surface area contributed by atoms with Gasteiger partial charge in [0.2, 0.25) is 0 Å². The molecule has 148 valence electrons. The maximum Gasteiger partial charge on any atom is 0.267 e. The molecular weight excluding hydrogens is 362 g/mol. The molecule has 3 rings (SSSR count). The van der Waals surface area contributed by atoms with Gasteiger partial charge >= 0.3 is 0 Å². The molecule has 0 spiro atoms. The van der Waals surface area contributed by atoms with Crippen LogP contribution in [0.2, 0.25) is 0 Å². The van der Waals surface area contributed by atoms with E-state index in [9.17, 15) is 4.79 Å². The van der Waals surface area contributed by atoms with Crippen LogP contribution < -0.4 is 10.3 Å². The summed E-state index contributed by atoms with van der Waals surface area (Å²) in [7, 11) is 0. The summed E-state index contributed by atoms with van der Waals surface area (Å²) in [6.07, 6.45) is 5.43. The van der Waals surface area contributed by atoms with Gasteiger partial charge in [0.25, 0.3) is 5.56 Å². The second-order valence-corrected chi connectivity index (χ2v) is 7.37. The van der Waals surface area contributed by atoms with Crippen molar-refractivity contribution in [1.82, 2.24) is 14.7 Å². The van der Waals surface area contributed by atoms with E-state index in [0.29, 0.717) is 6.04 Å². The Labute approximate surface area is 167 Å². The highest BCUT2D eigenvalue weighted by molar-refractivity contribution is 5.85. The Balaban J connectivity index is 0.00000261. The van der Waals surface area contributed by atoms with E-state index in [-0.39, 0.29) is 24.0 Å². The summed E-state index contributed by atoms with van der Waals surface area (Å²) in [4.78, 5) is 14.6. The van der Waals surface area contributed by atoms with Gasteiger partial charge in [-0.1, -0.05) is 12.1 Å². The fourth-order valence-electron chi connectivity index (χ4n) is 3.49. The van der Waals surface area contributed by atoms with Crippen molar-refractivity contribution in [1.29, 1.82) is 0 Å². The molecule has 0 saturated carbocycles. The van der Waals surface area contributed by atoms with Crippen LogP contribution in [0, 0.1) is 0 Å². The van der Waals surface area contributed by atoms with Crippen molar-refractivity contribution in [3.63, 3.8) is 0 Å². The molecule has 1 aliphatic heterocycles. The Hall–Kier alpha value is -1.85. The number of ether oxygens (including phenoxy) is 1. The molecular formula is C21H30ClN3O2. The average molecular weight is 392 g/mol. The zero-order valence-corrected chi connectivity index (χ0v) is 17.2. The van der Waals surface area contributed by atoms with Crippen molar-refractivity contribution in [3.8, 4) is 16.9 Å². The SMILES string of the molecule is CC(C)n1ncc(-c2ccc(OCCCN3CCC[C@H]3C)cc2)cc1=O.Cl. The summed E-state index contributed by atoms with van der Waals surface area (Å²) in [5.41, 5.74) is 1.74. The van der Waals surface area contributed by atoms with E-state index in [4.69, 9.17) is 4.74 Å². The highest BCUT2D eigenvalue weighted by Gasteiger charge is 2.19. The molecule has 0 bridgehead atoms. The summed E-state index contributed by atoms with van der Waals surface area (Å²) in [6, 6.07) is 10.3. The first-order valence-corrected chi connectivity index (χ1v) is 9.61. The van der Waals surface area contributed by atoms with Gasteiger partial charge in [-0.3, -0.25) is 4.79 Å². The van der Waals surface area contributed by atoms with Gasteiger partial charge in [-0.15, -0.1) is 12.4 Å². The summed E-state index contributed by atoms with van der Waals surface area (Å²) in [5, 5.41) is 4.25. The summed E-state index contributed by atoms with van der Waals surface area (Å²) >= 11 is 0. The number of halogens is 1. The first-order chi connectivity index (χ1) is 12.5. The van der Waals surface area contributed by atoms with E-state index in [0.717, 1.165) is 36.4 Å². The number of aromatic nitrogens is 2. The van der Waals surface area contributed by atoms with Crippen LogP contribution in [0.1, 0.15) is 46.1 Å². The number of hydrogen-bond acceptors (Lipinski definition) is 4. The highest BCUT2D eigenvalue weighted by atomic mass is 35.5. The van der Waals surface area contributed by atoms with Gasteiger partial charge in [0.05, 0.1) is 18.8 Å². The second kappa shape index (κ2) is 9.90.